The monoisotopic (exact) mass is 285 g/mol. The van der Waals surface area contributed by atoms with Gasteiger partial charge >= 0.3 is 0 Å². The zero-order chi connectivity index (χ0) is 14.9. The summed E-state index contributed by atoms with van der Waals surface area (Å²) in [6, 6.07) is 10.3. The zero-order valence-electron chi connectivity index (χ0n) is 12.6. The minimum atomic E-state index is 0.512. The molecule has 0 aliphatic carbocycles. The summed E-state index contributed by atoms with van der Waals surface area (Å²) in [5, 5.41) is 3.16. The van der Waals surface area contributed by atoms with Crippen LogP contribution in [0, 0.1) is 18.3 Å². The van der Waals surface area contributed by atoms with Gasteiger partial charge in [0.1, 0.15) is 0 Å². The van der Waals surface area contributed by atoms with E-state index in [0.717, 1.165) is 32.1 Å². The number of likely N-dealkylation sites (tertiary alicyclic amines) is 1. The molecule has 1 aromatic carbocycles. The van der Waals surface area contributed by atoms with Gasteiger partial charge in [0.05, 0.1) is 19.8 Å². The van der Waals surface area contributed by atoms with Gasteiger partial charge in [0.25, 0.3) is 0 Å². The lowest BCUT2D eigenvalue weighted by Gasteiger charge is -2.20. The number of hydrogen-bond acceptors (Lipinski definition) is 2. The van der Waals surface area contributed by atoms with Gasteiger partial charge in [-0.2, -0.15) is 0 Å². The maximum absolute atomic E-state index is 5.83. The predicted octanol–water partition coefficient (Wildman–Crippen LogP) is 1.73. The van der Waals surface area contributed by atoms with Crippen LogP contribution in [-0.2, 0) is 11.3 Å². The standard InChI is InChI=1S/C17H23N3O/c1-3-10-19-17(18-2)20-11-9-16(12-20)14-21-13-15-7-5-4-6-8-15/h1,4-8,16H,9-14H2,2H3,(H,18,19). The van der Waals surface area contributed by atoms with Crippen LogP contribution in [0.1, 0.15) is 12.0 Å². The van der Waals surface area contributed by atoms with Crippen molar-refractivity contribution < 1.29 is 4.74 Å². The lowest BCUT2D eigenvalue weighted by Crippen LogP contribution is -2.40. The van der Waals surface area contributed by atoms with Gasteiger partial charge in [0, 0.05) is 26.1 Å². The number of terminal acetylenes is 1. The number of guanidine groups is 1. The van der Waals surface area contributed by atoms with Gasteiger partial charge in [-0.25, -0.2) is 0 Å². The molecule has 1 fully saturated rings. The molecule has 1 aromatic rings. The molecule has 1 atom stereocenters. The Labute approximate surface area is 127 Å². The largest absolute Gasteiger partial charge is 0.376 e. The number of nitrogens with one attached hydrogen (secondary N) is 1. The molecule has 1 saturated heterocycles. The molecule has 4 heteroatoms. The van der Waals surface area contributed by atoms with Crippen LogP contribution in [0.5, 0.6) is 0 Å². The third-order valence-corrected chi connectivity index (χ3v) is 3.61. The van der Waals surface area contributed by atoms with Gasteiger partial charge in [-0.3, -0.25) is 4.99 Å². The lowest BCUT2D eigenvalue weighted by atomic mass is 10.1. The molecule has 2 rings (SSSR count). The van der Waals surface area contributed by atoms with Crippen molar-refractivity contribution in [3.8, 4) is 12.3 Å². The van der Waals surface area contributed by atoms with Crippen LogP contribution >= 0.6 is 0 Å². The fraction of sp³-hybridized carbons (Fsp3) is 0.471. The average molecular weight is 285 g/mol. The molecule has 0 radical (unpaired) electrons. The molecular formula is C17H23N3O. The number of ether oxygens (including phenoxy) is 1. The summed E-state index contributed by atoms with van der Waals surface area (Å²) < 4.78 is 5.83. The van der Waals surface area contributed by atoms with Crippen LogP contribution in [0.4, 0.5) is 0 Å². The highest BCUT2D eigenvalue weighted by molar-refractivity contribution is 5.80. The van der Waals surface area contributed by atoms with E-state index < -0.39 is 0 Å². The van der Waals surface area contributed by atoms with Crippen molar-refractivity contribution in [2.45, 2.75) is 13.0 Å². The van der Waals surface area contributed by atoms with Crippen LogP contribution in [0.3, 0.4) is 0 Å². The molecule has 0 spiro atoms. The van der Waals surface area contributed by atoms with E-state index in [1.165, 1.54) is 5.56 Å². The average Bonchev–Trinajstić information content (AvgIpc) is 2.98. The molecule has 21 heavy (non-hydrogen) atoms. The second-order valence-corrected chi connectivity index (χ2v) is 5.21. The van der Waals surface area contributed by atoms with Crippen LogP contribution in [0.15, 0.2) is 35.3 Å². The Kier molecular flexibility index (Phi) is 6.11. The smallest absolute Gasteiger partial charge is 0.194 e. The first kappa shape index (κ1) is 15.4. The van der Waals surface area contributed by atoms with Gasteiger partial charge in [-0.05, 0) is 12.0 Å². The van der Waals surface area contributed by atoms with Gasteiger partial charge < -0.3 is 15.0 Å². The van der Waals surface area contributed by atoms with E-state index in [1.54, 1.807) is 7.05 Å². The molecule has 112 valence electrons. The van der Waals surface area contributed by atoms with Crippen molar-refractivity contribution in [2.24, 2.45) is 10.9 Å². The lowest BCUT2D eigenvalue weighted by molar-refractivity contribution is 0.0907. The quantitative estimate of drug-likeness (QED) is 0.508. The molecule has 0 aromatic heterocycles. The second kappa shape index (κ2) is 8.33. The first-order chi connectivity index (χ1) is 10.3. The van der Waals surface area contributed by atoms with Crippen LogP contribution in [0.25, 0.3) is 0 Å². The highest BCUT2D eigenvalue weighted by Gasteiger charge is 2.24. The third-order valence-electron chi connectivity index (χ3n) is 3.61. The molecule has 0 saturated carbocycles. The van der Waals surface area contributed by atoms with E-state index >= 15 is 0 Å². The summed E-state index contributed by atoms with van der Waals surface area (Å²) in [5.74, 6) is 4.02. The fourth-order valence-electron chi connectivity index (χ4n) is 2.54. The van der Waals surface area contributed by atoms with Crippen LogP contribution in [0.2, 0.25) is 0 Å². The first-order valence-electron chi connectivity index (χ1n) is 7.34. The fourth-order valence-corrected chi connectivity index (χ4v) is 2.54. The Balaban J connectivity index is 1.71. The number of nitrogens with zero attached hydrogens (tertiary/aromatic N) is 2. The SMILES string of the molecule is C#CCNC(=NC)N1CCC(COCc2ccccc2)C1. The van der Waals surface area contributed by atoms with Crippen molar-refractivity contribution in [2.75, 3.05) is 33.3 Å². The number of rotatable bonds is 5. The molecule has 0 amide bonds. The van der Waals surface area contributed by atoms with Gasteiger partial charge in [0.2, 0.25) is 0 Å². The molecule has 1 aliphatic rings. The third kappa shape index (κ3) is 4.80. The summed E-state index contributed by atoms with van der Waals surface area (Å²) in [4.78, 5) is 6.51. The molecular weight excluding hydrogens is 262 g/mol. The van der Waals surface area contributed by atoms with Crippen molar-refractivity contribution in [1.82, 2.24) is 10.2 Å². The Hall–Kier alpha value is -1.99. The molecule has 4 nitrogen and oxygen atoms in total. The highest BCUT2D eigenvalue weighted by Crippen LogP contribution is 2.17. The summed E-state index contributed by atoms with van der Waals surface area (Å²) in [5.41, 5.74) is 1.22. The Morgan fingerprint density at radius 1 is 1.48 bits per heavy atom. The number of hydrogen-bond donors (Lipinski definition) is 1. The highest BCUT2D eigenvalue weighted by atomic mass is 16.5. The molecule has 1 aliphatic heterocycles. The minimum absolute atomic E-state index is 0.512. The Morgan fingerprint density at radius 3 is 3.00 bits per heavy atom. The van der Waals surface area contributed by atoms with E-state index in [0.29, 0.717) is 19.1 Å². The molecule has 1 unspecified atom stereocenters. The number of benzene rings is 1. The van der Waals surface area contributed by atoms with E-state index in [9.17, 15) is 0 Å². The molecule has 1 N–H and O–H groups in total. The number of aliphatic imine (C=N–C) groups is 1. The predicted molar refractivity (Wildman–Crippen MR) is 86.0 cm³/mol. The van der Waals surface area contributed by atoms with Crippen LogP contribution < -0.4 is 5.32 Å². The molecule has 1 heterocycles. The van der Waals surface area contributed by atoms with Crippen molar-refractivity contribution in [3.05, 3.63) is 35.9 Å². The van der Waals surface area contributed by atoms with Gasteiger partial charge in [-0.1, -0.05) is 36.3 Å². The van der Waals surface area contributed by atoms with E-state index in [1.807, 2.05) is 18.2 Å². The maximum Gasteiger partial charge on any atom is 0.194 e. The van der Waals surface area contributed by atoms with Crippen molar-refractivity contribution in [3.63, 3.8) is 0 Å². The summed E-state index contributed by atoms with van der Waals surface area (Å²) in [6.07, 6.45) is 6.40. The normalized spacial score (nSPS) is 18.6. The van der Waals surface area contributed by atoms with Crippen molar-refractivity contribution in [1.29, 1.82) is 0 Å². The Bertz CT molecular complexity index is 493. The zero-order valence-corrected chi connectivity index (χ0v) is 12.6. The molecule has 0 bridgehead atoms. The topological polar surface area (TPSA) is 36.9 Å². The van der Waals surface area contributed by atoms with Gasteiger partial charge in [-0.15, -0.1) is 6.42 Å². The van der Waals surface area contributed by atoms with Crippen molar-refractivity contribution >= 4 is 5.96 Å². The maximum atomic E-state index is 5.83. The summed E-state index contributed by atoms with van der Waals surface area (Å²) >= 11 is 0. The van der Waals surface area contributed by atoms with E-state index in [-0.39, 0.29) is 0 Å². The second-order valence-electron chi connectivity index (χ2n) is 5.21. The van der Waals surface area contributed by atoms with E-state index in [4.69, 9.17) is 11.2 Å². The van der Waals surface area contributed by atoms with Crippen LogP contribution in [-0.4, -0.2) is 44.1 Å². The Morgan fingerprint density at radius 2 is 2.29 bits per heavy atom. The first-order valence-corrected chi connectivity index (χ1v) is 7.34. The van der Waals surface area contributed by atoms with Gasteiger partial charge in [0.15, 0.2) is 5.96 Å². The summed E-state index contributed by atoms with van der Waals surface area (Å²) in [6.45, 7) is 3.96. The minimum Gasteiger partial charge on any atom is -0.376 e. The summed E-state index contributed by atoms with van der Waals surface area (Å²) in [7, 11) is 1.79. The van der Waals surface area contributed by atoms with E-state index in [2.05, 4.69) is 33.3 Å².